The van der Waals surface area contributed by atoms with Crippen LogP contribution in [0.5, 0.6) is 17.2 Å². The van der Waals surface area contributed by atoms with Crippen LogP contribution in [0.25, 0.3) is 5.76 Å². The number of carbonyl (C=O) groups excluding carboxylic acids is 2. The first-order chi connectivity index (χ1) is 18.5. The van der Waals surface area contributed by atoms with Crippen molar-refractivity contribution in [3.8, 4) is 17.2 Å². The standard InChI is InChI=1S/C30H31NO7/c1-35-17-7-16-31-27(24-18-23(36-2)14-15-25(24)37-3)26(29(33)30(31)34)28(32)21-10-12-22(13-11-21)38-19-20-8-5-4-6-9-20/h4-6,8-15,18,27,32H,7,16-17,19H2,1-3H3/b28-26+. The van der Waals surface area contributed by atoms with Crippen LogP contribution in [0.1, 0.15) is 29.2 Å². The highest BCUT2D eigenvalue weighted by Crippen LogP contribution is 2.44. The van der Waals surface area contributed by atoms with E-state index in [4.69, 9.17) is 18.9 Å². The van der Waals surface area contributed by atoms with Crippen LogP contribution >= 0.6 is 0 Å². The van der Waals surface area contributed by atoms with Gasteiger partial charge in [-0.2, -0.15) is 0 Å². The average Bonchev–Trinajstić information content (AvgIpc) is 3.21. The first-order valence-corrected chi connectivity index (χ1v) is 12.2. The summed E-state index contributed by atoms with van der Waals surface area (Å²) in [6.07, 6.45) is 0.514. The van der Waals surface area contributed by atoms with Gasteiger partial charge >= 0.3 is 0 Å². The third-order valence-corrected chi connectivity index (χ3v) is 6.39. The summed E-state index contributed by atoms with van der Waals surface area (Å²) in [4.78, 5) is 27.9. The fourth-order valence-electron chi connectivity index (χ4n) is 4.47. The SMILES string of the molecule is COCCCN1C(=O)C(=O)/C(=C(/O)c2ccc(OCc3ccccc3)cc2)C1c1cc(OC)ccc1OC. The minimum atomic E-state index is -0.870. The molecule has 1 unspecified atom stereocenters. The number of aliphatic hydroxyl groups is 1. The summed E-state index contributed by atoms with van der Waals surface area (Å²) in [6, 6.07) is 20.8. The molecule has 1 aliphatic heterocycles. The van der Waals surface area contributed by atoms with Crippen molar-refractivity contribution < 1.29 is 33.6 Å². The maximum atomic E-state index is 13.3. The zero-order valence-electron chi connectivity index (χ0n) is 21.7. The molecule has 38 heavy (non-hydrogen) atoms. The van der Waals surface area contributed by atoms with E-state index in [0.717, 1.165) is 5.56 Å². The molecule has 0 radical (unpaired) electrons. The molecule has 8 nitrogen and oxygen atoms in total. The maximum Gasteiger partial charge on any atom is 0.295 e. The third kappa shape index (κ3) is 5.65. The zero-order chi connectivity index (χ0) is 27.1. The molecule has 1 N–H and O–H groups in total. The Morgan fingerprint density at radius 1 is 0.895 bits per heavy atom. The highest BCUT2D eigenvalue weighted by atomic mass is 16.5. The van der Waals surface area contributed by atoms with Gasteiger partial charge in [-0.3, -0.25) is 9.59 Å². The van der Waals surface area contributed by atoms with Crippen molar-refractivity contribution >= 4 is 17.4 Å². The molecule has 0 bridgehead atoms. The Morgan fingerprint density at radius 2 is 1.61 bits per heavy atom. The third-order valence-electron chi connectivity index (χ3n) is 6.39. The van der Waals surface area contributed by atoms with E-state index in [9.17, 15) is 14.7 Å². The molecule has 1 heterocycles. The maximum absolute atomic E-state index is 13.3. The lowest BCUT2D eigenvalue weighted by molar-refractivity contribution is -0.140. The van der Waals surface area contributed by atoms with E-state index in [1.54, 1.807) is 49.6 Å². The van der Waals surface area contributed by atoms with Crippen LogP contribution in [0.15, 0.2) is 78.4 Å². The van der Waals surface area contributed by atoms with Gasteiger partial charge in [0.2, 0.25) is 0 Å². The van der Waals surface area contributed by atoms with Gasteiger partial charge in [0.25, 0.3) is 11.7 Å². The van der Waals surface area contributed by atoms with Crippen LogP contribution in [0.2, 0.25) is 0 Å². The molecule has 0 saturated carbocycles. The van der Waals surface area contributed by atoms with Crippen molar-refractivity contribution in [2.24, 2.45) is 0 Å². The molecular weight excluding hydrogens is 486 g/mol. The van der Waals surface area contributed by atoms with Crippen molar-refractivity contribution in [1.82, 2.24) is 4.90 Å². The van der Waals surface area contributed by atoms with Gasteiger partial charge in [0.1, 0.15) is 29.6 Å². The number of hydrogen-bond donors (Lipinski definition) is 1. The van der Waals surface area contributed by atoms with Crippen molar-refractivity contribution in [3.05, 3.63) is 95.1 Å². The molecule has 4 rings (SSSR count). The van der Waals surface area contributed by atoms with Crippen LogP contribution in [-0.2, 0) is 20.9 Å². The minimum absolute atomic E-state index is 0.0167. The fourth-order valence-corrected chi connectivity index (χ4v) is 4.47. The molecule has 198 valence electrons. The van der Waals surface area contributed by atoms with Gasteiger partial charge < -0.3 is 29.0 Å². The summed E-state index contributed by atoms with van der Waals surface area (Å²) in [5.74, 6) is -0.133. The predicted octanol–water partition coefficient (Wildman–Crippen LogP) is 4.74. The Bertz CT molecular complexity index is 1300. The Kier molecular flexibility index (Phi) is 8.66. The molecule has 0 aliphatic carbocycles. The topological polar surface area (TPSA) is 94.5 Å². The van der Waals surface area contributed by atoms with Crippen molar-refractivity contribution in [3.63, 3.8) is 0 Å². The molecule has 8 heteroatoms. The van der Waals surface area contributed by atoms with Crippen LogP contribution in [0.4, 0.5) is 0 Å². The molecule has 1 aliphatic rings. The molecular formula is C30H31NO7. The summed E-state index contributed by atoms with van der Waals surface area (Å²) >= 11 is 0. The quantitative estimate of drug-likeness (QED) is 0.170. The van der Waals surface area contributed by atoms with E-state index in [1.165, 1.54) is 19.1 Å². The van der Waals surface area contributed by atoms with Crippen molar-refractivity contribution in [2.75, 3.05) is 34.5 Å². The summed E-state index contributed by atoms with van der Waals surface area (Å²) in [6.45, 7) is 1.07. The number of carbonyl (C=O) groups is 2. The smallest absolute Gasteiger partial charge is 0.295 e. The van der Waals surface area contributed by atoms with Crippen molar-refractivity contribution in [1.29, 1.82) is 0 Å². The van der Waals surface area contributed by atoms with E-state index < -0.39 is 17.7 Å². The number of ketones is 1. The van der Waals surface area contributed by atoms with Gasteiger partial charge in [0.05, 0.1) is 25.8 Å². The first-order valence-electron chi connectivity index (χ1n) is 12.2. The molecule has 1 fully saturated rings. The number of amides is 1. The molecule has 3 aromatic rings. The average molecular weight is 518 g/mol. The predicted molar refractivity (Wildman–Crippen MR) is 142 cm³/mol. The molecule has 3 aromatic carbocycles. The van der Waals surface area contributed by atoms with Crippen LogP contribution in [0, 0.1) is 0 Å². The molecule has 1 atom stereocenters. The Balaban J connectivity index is 1.71. The van der Waals surface area contributed by atoms with Gasteiger partial charge in [-0.15, -0.1) is 0 Å². The first kappa shape index (κ1) is 26.8. The van der Waals surface area contributed by atoms with E-state index >= 15 is 0 Å². The van der Waals surface area contributed by atoms with E-state index in [2.05, 4.69) is 0 Å². The second kappa shape index (κ2) is 12.3. The largest absolute Gasteiger partial charge is 0.507 e. The van der Waals surface area contributed by atoms with Gasteiger partial charge in [0.15, 0.2) is 0 Å². The van der Waals surface area contributed by atoms with Crippen LogP contribution in [-0.4, -0.2) is 56.2 Å². The molecule has 1 saturated heterocycles. The monoisotopic (exact) mass is 517 g/mol. The van der Waals surface area contributed by atoms with Gasteiger partial charge in [0, 0.05) is 31.4 Å². The Hall–Kier alpha value is -4.30. The number of aliphatic hydroxyl groups excluding tert-OH is 1. The number of nitrogens with zero attached hydrogens (tertiary/aromatic N) is 1. The lowest BCUT2D eigenvalue weighted by Gasteiger charge is -2.27. The van der Waals surface area contributed by atoms with Crippen molar-refractivity contribution in [2.45, 2.75) is 19.1 Å². The number of rotatable bonds is 11. The fraction of sp³-hybridized carbons (Fsp3) is 0.267. The Labute approximate surface area is 222 Å². The number of hydrogen-bond acceptors (Lipinski definition) is 7. The van der Waals surface area contributed by atoms with E-state index in [0.29, 0.717) is 48.0 Å². The summed E-state index contributed by atoms with van der Waals surface area (Å²) in [5.41, 5.74) is 1.93. The van der Waals surface area contributed by atoms with Gasteiger partial charge in [-0.05, 0) is 54.4 Å². The highest BCUT2D eigenvalue weighted by Gasteiger charge is 2.47. The number of likely N-dealkylation sites (tertiary alicyclic amines) is 1. The number of methoxy groups -OCH3 is 3. The normalized spacial score (nSPS) is 16.5. The number of Topliss-reactive ketones (excluding diaryl/α,β-unsaturated/α-hetero) is 1. The zero-order valence-corrected chi connectivity index (χ0v) is 21.7. The lowest BCUT2D eigenvalue weighted by Crippen LogP contribution is -2.31. The molecule has 0 spiro atoms. The summed E-state index contributed by atoms with van der Waals surface area (Å²) in [7, 11) is 4.61. The van der Waals surface area contributed by atoms with Crippen LogP contribution in [0.3, 0.4) is 0 Å². The van der Waals surface area contributed by atoms with E-state index in [1.807, 2.05) is 30.3 Å². The second-order valence-corrected chi connectivity index (χ2v) is 8.75. The molecule has 1 amide bonds. The number of benzene rings is 3. The van der Waals surface area contributed by atoms with Crippen LogP contribution < -0.4 is 14.2 Å². The van der Waals surface area contributed by atoms with Gasteiger partial charge in [-0.1, -0.05) is 30.3 Å². The Morgan fingerprint density at radius 3 is 2.26 bits per heavy atom. The molecule has 0 aromatic heterocycles. The summed E-state index contributed by atoms with van der Waals surface area (Å²) < 4.78 is 21.9. The number of ether oxygens (including phenoxy) is 4. The summed E-state index contributed by atoms with van der Waals surface area (Å²) in [5, 5.41) is 11.4. The minimum Gasteiger partial charge on any atom is -0.507 e. The van der Waals surface area contributed by atoms with Gasteiger partial charge in [-0.25, -0.2) is 0 Å². The van der Waals surface area contributed by atoms with E-state index in [-0.39, 0.29) is 17.9 Å². The second-order valence-electron chi connectivity index (χ2n) is 8.75. The highest BCUT2D eigenvalue weighted by molar-refractivity contribution is 6.46. The lowest BCUT2D eigenvalue weighted by atomic mass is 9.94.